The summed E-state index contributed by atoms with van der Waals surface area (Å²) in [5.74, 6) is -0.855. The molecule has 1 amide bonds. The minimum Gasteiger partial charge on any atom is -0.395 e. The summed E-state index contributed by atoms with van der Waals surface area (Å²) in [4.78, 5) is 13.2. The van der Waals surface area contributed by atoms with Crippen LogP contribution in [0.5, 0.6) is 0 Å². The molecule has 1 saturated heterocycles. The first-order chi connectivity index (χ1) is 15.4. The van der Waals surface area contributed by atoms with Crippen LogP contribution in [0.15, 0.2) is 42.5 Å². The Morgan fingerprint density at radius 1 is 1.19 bits per heavy atom. The number of nitrogens with two attached hydrogens (primary N) is 2. The van der Waals surface area contributed by atoms with Crippen molar-refractivity contribution in [1.29, 1.82) is 0 Å². The van der Waals surface area contributed by atoms with Crippen LogP contribution in [-0.2, 0) is 16.0 Å². The van der Waals surface area contributed by atoms with Crippen LogP contribution < -0.4 is 16.8 Å². The molecule has 2 aromatic rings. The lowest BCUT2D eigenvalue weighted by atomic mass is 9.76. The average molecular weight is 464 g/mol. The Hall–Kier alpha value is -2.03. The van der Waals surface area contributed by atoms with Crippen LogP contribution in [0.4, 0.5) is 10.1 Å². The highest BCUT2D eigenvalue weighted by Gasteiger charge is 2.34. The zero-order chi connectivity index (χ0) is 23.1. The molecule has 1 aliphatic heterocycles. The lowest BCUT2D eigenvalue weighted by Gasteiger charge is -2.34. The molecule has 0 radical (unpaired) electrons. The number of anilines is 1. The maximum atomic E-state index is 14.5. The maximum Gasteiger partial charge on any atom is 0.241 e. The molecule has 0 aromatic heterocycles. The topological polar surface area (TPSA) is 111 Å². The van der Waals surface area contributed by atoms with Crippen molar-refractivity contribution in [1.82, 2.24) is 0 Å². The fourth-order valence-electron chi connectivity index (χ4n) is 4.26. The number of benzene rings is 2. The van der Waals surface area contributed by atoms with E-state index in [0.717, 1.165) is 18.4 Å². The van der Waals surface area contributed by atoms with Gasteiger partial charge in [0.15, 0.2) is 0 Å². The monoisotopic (exact) mass is 463 g/mol. The Morgan fingerprint density at radius 2 is 1.88 bits per heavy atom. The van der Waals surface area contributed by atoms with Crippen LogP contribution in [0.1, 0.15) is 36.3 Å². The van der Waals surface area contributed by atoms with Crippen LogP contribution in [0.2, 0.25) is 5.02 Å². The van der Waals surface area contributed by atoms with Gasteiger partial charge in [0, 0.05) is 41.4 Å². The minimum absolute atomic E-state index is 0.181. The molecule has 0 saturated carbocycles. The maximum absolute atomic E-state index is 14.5. The normalized spacial score (nSPS) is 17.5. The number of rotatable bonds is 9. The lowest BCUT2D eigenvalue weighted by molar-refractivity contribution is -0.118. The highest BCUT2D eigenvalue weighted by atomic mass is 35.5. The number of carbonyl (C=O) groups is 1. The van der Waals surface area contributed by atoms with Crippen molar-refractivity contribution >= 4 is 23.2 Å². The molecule has 0 bridgehead atoms. The Morgan fingerprint density at radius 3 is 2.53 bits per heavy atom. The molecule has 6 nitrogen and oxygen atoms in total. The van der Waals surface area contributed by atoms with Crippen LogP contribution >= 0.6 is 11.6 Å². The summed E-state index contributed by atoms with van der Waals surface area (Å²) in [7, 11) is 0. The van der Waals surface area contributed by atoms with Gasteiger partial charge in [-0.3, -0.25) is 4.79 Å². The second-order valence-electron chi connectivity index (χ2n) is 8.29. The number of aliphatic hydroxyl groups is 1. The number of halogens is 2. The molecule has 6 N–H and O–H groups in total. The summed E-state index contributed by atoms with van der Waals surface area (Å²) in [6, 6.07) is 10.6. The first-order valence-electron chi connectivity index (χ1n) is 10.9. The van der Waals surface area contributed by atoms with Gasteiger partial charge in [-0.15, -0.1) is 0 Å². The van der Waals surface area contributed by atoms with Crippen molar-refractivity contribution in [3.8, 4) is 0 Å². The second-order valence-corrected chi connectivity index (χ2v) is 8.73. The SMILES string of the molecule is N[C@H](CO)CCc1c(F)cccc1NC(=O)[C@@H](N)C(c1ccc(Cl)cc1)C1CCOCC1. The Kier molecular flexibility index (Phi) is 9.02. The largest absolute Gasteiger partial charge is 0.395 e. The number of amides is 1. The lowest BCUT2D eigenvalue weighted by Crippen LogP contribution is -2.44. The first-order valence-corrected chi connectivity index (χ1v) is 11.3. The first kappa shape index (κ1) is 24.6. The molecule has 1 aliphatic rings. The number of carbonyl (C=O) groups excluding carboxylic acids is 1. The number of aliphatic hydroxyl groups excluding tert-OH is 1. The van der Waals surface area contributed by atoms with Gasteiger partial charge in [-0.25, -0.2) is 4.39 Å². The number of nitrogens with one attached hydrogen (secondary N) is 1. The highest BCUT2D eigenvalue weighted by Crippen LogP contribution is 2.35. The quantitative estimate of drug-likeness (QED) is 0.456. The van der Waals surface area contributed by atoms with Crippen molar-refractivity contribution in [3.63, 3.8) is 0 Å². The number of hydrogen-bond donors (Lipinski definition) is 4. The van der Waals surface area contributed by atoms with Crippen molar-refractivity contribution < 1.29 is 19.0 Å². The van der Waals surface area contributed by atoms with Gasteiger partial charge >= 0.3 is 0 Å². The molecule has 1 fully saturated rings. The fourth-order valence-corrected chi connectivity index (χ4v) is 4.39. The molecule has 1 unspecified atom stereocenters. The Labute approximate surface area is 193 Å². The molecule has 0 aliphatic carbocycles. The molecule has 8 heteroatoms. The Balaban J connectivity index is 1.82. The van der Waals surface area contributed by atoms with Gasteiger partial charge in [0.25, 0.3) is 0 Å². The molecule has 32 heavy (non-hydrogen) atoms. The van der Waals surface area contributed by atoms with Crippen molar-refractivity contribution in [2.24, 2.45) is 17.4 Å². The van der Waals surface area contributed by atoms with E-state index in [1.807, 2.05) is 12.1 Å². The van der Waals surface area contributed by atoms with Crippen LogP contribution in [0.25, 0.3) is 0 Å². The Bertz CT molecular complexity index is 891. The fraction of sp³-hybridized carbons (Fsp3) is 0.458. The van der Waals surface area contributed by atoms with E-state index >= 15 is 0 Å². The van der Waals surface area contributed by atoms with E-state index in [-0.39, 0.29) is 24.3 Å². The third-order valence-corrected chi connectivity index (χ3v) is 6.35. The number of ether oxygens (including phenoxy) is 1. The molecular formula is C24H31ClFN3O3. The van der Waals surface area contributed by atoms with E-state index in [2.05, 4.69) is 5.32 Å². The van der Waals surface area contributed by atoms with Gasteiger partial charge in [0.2, 0.25) is 5.91 Å². The summed E-state index contributed by atoms with van der Waals surface area (Å²) in [6.07, 6.45) is 2.29. The zero-order valence-corrected chi connectivity index (χ0v) is 18.7. The zero-order valence-electron chi connectivity index (χ0n) is 18.0. The predicted molar refractivity (Wildman–Crippen MR) is 124 cm³/mol. The smallest absolute Gasteiger partial charge is 0.241 e. The third-order valence-electron chi connectivity index (χ3n) is 6.09. The number of hydrogen-bond acceptors (Lipinski definition) is 5. The van der Waals surface area contributed by atoms with E-state index in [1.54, 1.807) is 24.3 Å². The standard InChI is InChI=1S/C24H31ClFN3O3/c25-17-6-4-15(5-7-17)22(16-10-12-32-13-11-16)23(28)24(31)29-21-3-1-2-20(26)19(21)9-8-18(27)14-30/h1-7,16,18,22-23,30H,8-14,27-28H2,(H,29,31)/t18-,22?,23-/m0/s1. The van der Waals surface area contributed by atoms with Gasteiger partial charge in [0.1, 0.15) is 5.82 Å². The van der Waals surface area contributed by atoms with Crippen LogP contribution in [0, 0.1) is 11.7 Å². The molecule has 0 spiro atoms. The predicted octanol–water partition coefficient (Wildman–Crippen LogP) is 3.21. The average Bonchev–Trinajstić information content (AvgIpc) is 2.80. The van der Waals surface area contributed by atoms with E-state index in [9.17, 15) is 9.18 Å². The van der Waals surface area contributed by atoms with Crippen molar-refractivity contribution in [2.75, 3.05) is 25.1 Å². The molecule has 3 atom stereocenters. The van der Waals surface area contributed by atoms with Crippen molar-refractivity contribution in [2.45, 2.75) is 43.7 Å². The summed E-state index contributed by atoms with van der Waals surface area (Å²) < 4.78 is 20.0. The third kappa shape index (κ3) is 6.27. The molecule has 3 rings (SSSR count). The van der Waals surface area contributed by atoms with E-state index in [0.29, 0.717) is 42.3 Å². The van der Waals surface area contributed by atoms with Crippen LogP contribution in [-0.4, -0.2) is 42.9 Å². The molecule has 2 aromatic carbocycles. The summed E-state index contributed by atoms with van der Waals surface area (Å²) in [5, 5.41) is 12.6. The summed E-state index contributed by atoms with van der Waals surface area (Å²) >= 11 is 6.06. The summed E-state index contributed by atoms with van der Waals surface area (Å²) in [5.41, 5.74) is 13.9. The van der Waals surface area contributed by atoms with E-state index in [4.69, 9.17) is 32.9 Å². The van der Waals surface area contributed by atoms with E-state index < -0.39 is 17.9 Å². The highest BCUT2D eigenvalue weighted by molar-refractivity contribution is 6.30. The van der Waals surface area contributed by atoms with Gasteiger partial charge in [-0.2, -0.15) is 0 Å². The van der Waals surface area contributed by atoms with E-state index in [1.165, 1.54) is 6.07 Å². The van der Waals surface area contributed by atoms with Gasteiger partial charge in [0.05, 0.1) is 12.6 Å². The second kappa shape index (κ2) is 11.7. The van der Waals surface area contributed by atoms with Gasteiger partial charge in [-0.05, 0) is 61.4 Å². The van der Waals surface area contributed by atoms with Gasteiger partial charge < -0.3 is 26.6 Å². The van der Waals surface area contributed by atoms with Gasteiger partial charge in [-0.1, -0.05) is 29.8 Å². The molecule has 1 heterocycles. The molecular weight excluding hydrogens is 433 g/mol. The summed E-state index contributed by atoms with van der Waals surface area (Å²) in [6.45, 7) is 1.07. The molecule has 174 valence electrons. The van der Waals surface area contributed by atoms with Crippen LogP contribution in [0.3, 0.4) is 0 Å². The van der Waals surface area contributed by atoms with Crippen molar-refractivity contribution in [3.05, 3.63) is 64.4 Å². The minimum atomic E-state index is -0.838.